The number of rotatable bonds is 4. The van der Waals surface area contributed by atoms with E-state index < -0.39 is 0 Å². The molecule has 0 aromatic heterocycles. The third-order valence-corrected chi connectivity index (χ3v) is 2.65. The fourth-order valence-corrected chi connectivity index (χ4v) is 1.68. The molecule has 0 fully saturated rings. The van der Waals surface area contributed by atoms with Crippen molar-refractivity contribution in [3.05, 3.63) is 65.7 Å². The number of para-hydroxylation sites is 1. The number of aliphatic hydroxyl groups is 1. The van der Waals surface area contributed by atoms with Crippen molar-refractivity contribution in [3.8, 4) is 0 Å². The quantitative estimate of drug-likeness (QED) is 0.864. The molecule has 0 saturated heterocycles. The Hall–Kier alpha value is -2.13. The van der Waals surface area contributed by atoms with Gasteiger partial charge in [0, 0.05) is 17.9 Å². The Morgan fingerprint density at radius 3 is 2.28 bits per heavy atom. The summed E-state index contributed by atoms with van der Waals surface area (Å²) in [6.07, 6.45) is 0.612. The third-order valence-electron chi connectivity index (χ3n) is 2.65. The molecule has 2 aromatic carbocycles. The smallest absolute Gasteiger partial charge is 0.255 e. The molecule has 3 nitrogen and oxygen atoms in total. The van der Waals surface area contributed by atoms with E-state index in [1.54, 1.807) is 12.1 Å². The molecule has 0 unspecified atom stereocenters. The summed E-state index contributed by atoms with van der Waals surface area (Å²) in [5.41, 5.74) is 2.41. The maximum atomic E-state index is 11.9. The molecule has 2 aromatic rings. The van der Waals surface area contributed by atoms with Crippen molar-refractivity contribution in [1.82, 2.24) is 0 Å². The van der Waals surface area contributed by atoms with Crippen LogP contribution in [0.2, 0.25) is 0 Å². The Kier molecular flexibility index (Phi) is 4.10. The molecule has 0 aliphatic rings. The van der Waals surface area contributed by atoms with Crippen LogP contribution >= 0.6 is 0 Å². The lowest BCUT2D eigenvalue weighted by molar-refractivity contribution is 0.102. The molecule has 0 radical (unpaired) electrons. The van der Waals surface area contributed by atoms with Gasteiger partial charge in [-0.25, -0.2) is 0 Å². The highest BCUT2D eigenvalue weighted by Gasteiger charge is 2.05. The lowest BCUT2D eigenvalue weighted by Crippen LogP contribution is -2.11. The highest BCUT2D eigenvalue weighted by atomic mass is 16.2. The second-order valence-electron chi connectivity index (χ2n) is 3.99. The summed E-state index contributed by atoms with van der Waals surface area (Å²) in [6.45, 7) is 0.121. The lowest BCUT2D eigenvalue weighted by atomic mass is 10.1. The average Bonchev–Trinajstić information content (AvgIpc) is 2.41. The van der Waals surface area contributed by atoms with Gasteiger partial charge in [-0.1, -0.05) is 30.3 Å². The minimum atomic E-state index is -0.128. The van der Waals surface area contributed by atoms with Crippen LogP contribution in [0.25, 0.3) is 0 Å². The van der Waals surface area contributed by atoms with E-state index in [1.165, 1.54) is 0 Å². The molecule has 0 aliphatic heterocycles. The Morgan fingerprint density at radius 1 is 1.00 bits per heavy atom. The van der Waals surface area contributed by atoms with Crippen LogP contribution in [0.3, 0.4) is 0 Å². The molecule has 0 saturated carbocycles. The first kappa shape index (κ1) is 12.3. The van der Waals surface area contributed by atoms with E-state index in [0.29, 0.717) is 12.0 Å². The SMILES string of the molecule is O=C(Nc1ccccc1)c1ccc(CCO)cc1. The number of nitrogens with one attached hydrogen (secondary N) is 1. The van der Waals surface area contributed by atoms with E-state index in [9.17, 15) is 4.79 Å². The molecule has 0 bridgehead atoms. The molecular weight excluding hydrogens is 226 g/mol. The summed E-state index contributed by atoms with van der Waals surface area (Å²) in [7, 11) is 0. The largest absolute Gasteiger partial charge is 0.396 e. The molecule has 1 amide bonds. The molecule has 92 valence electrons. The highest BCUT2D eigenvalue weighted by molar-refractivity contribution is 6.04. The molecule has 0 atom stereocenters. The van der Waals surface area contributed by atoms with Gasteiger partial charge in [0.2, 0.25) is 0 Å². The van der Waals surface area contributed by atoms with E-state index in [1.807, 2.05) is 42.5 Å². The first-order valence-electron chi connectivity index (χ1n) is 5.86. The average molecular weight is 241 g/mol. The molecule has 0 heterocycles. The first-order valence-corrected chi connectivity index (χ1v) is 5.86. The Morgan fingerprint density at radius 2 is 1.67 bits per heavy atom. The van der Waals surface area contributed by atoms with Crippen LogP contribution in [0.4, 0.5) is 5.69 Å². The van der Waals surface area contributed by atoms with Crippen molar-refractivity contribution in [3.63, 3.8) is 0 Å². The van der Waals surface area contributed by atoms with Gasteiger partial charge < -0.3 is 10.4 Å². The molecule has 2 rings (SSSR count). The number of carbonyl (C=O) groups is 1. The van der Waals surface area contributed by atoms with Gasteiger partial charge in [0.05, 0.1) is 0 Å². The summed E-state index contributed by atoms with van der Waals surface area (Å²) >= 11 is 0. The van der Waals surface area contributed by atoms with Gasteiger partial charge in [0.25, 0.3) is 5.91 Å². The van der Waals surface area contributed by atoms with Gasteiger partial charge in [-0.05, 0) is 36.2 Å². The number of anilines is 1. The first-order chi connectivity index (χ1) is 8.79. The van der Waals surface area contributed by atoms with Gasteiger partial charge in [-0.15, -0.1) is 0 Å². The topological polar surface area (TPSA) is 49.3 Å². The van der Waals surface area contributed by atoms with E-state index in [-0.39, 0.29) is 12.5 Å². The molecular formula is C15H15NO2. The van der Waals surface area contributed by atoms with Crippen molar-refractivity contribution in [2.24, 2.45) is 0 Å². The molecule has 3 heteroatoms. The van der Waals surface area contributed by atoms with Gasteiger partial charge in [0.1, 0.15) is 0 Å². The zero-order valence-corrected chi connectivity index (χ0v) is 9.97. The van der Waals surface area contributed by atoms with E-state index in [0.717, 1.165) is 11.3 Å². The van der Waals surface area contributed by atoms with Crippen molar-refractivity contribution in [2.45, 2.75) is 6.42 Å². The minimum Gasteiger partial charge on any atom is -0.396 e. The van der Waals surface area contributed by atoms with Crippen molar-refractivity contribution >= 4 is 11.6 Å². The number of aliphatic hydroxyl groups excluding tert-OH is 1. The standard InChI is InChI=1S/C15H15NO2/c17-11-10-12-6-8-13(9-7-12)15(18)16-14-4-2-1-3-5-14/h1-9,17H,10-11H2,(H,16,18). The van der Waals surface area contributed by atoms with Gasteiger partial charge >= 0.3 is 0 Å². The number of hydrogen-bond donors (Lipinski definition) is 2. The summed E-state index contributed by atoms with van der Waals surface area (Å²) in [4.78, 5) is 11.9. The van der Waals surface area contributed by atoms with Crippen LogP contribution in [0.1, 0.15) is 15.9 Å². The fraction of sp³-hybridized carbons (Fsp3) is 0.133. The van der Waals surface area contributed by atoms with Crippen LogP contribution in [0, 0.1) is 0 Å². The second kappa shape index (κ2) is 5.98. The van der Waals surface area contributed by atoms with E-state index in [4.69, 9.17) is 5.11 Å². The molecule has 18 heavy (non-hydrogen) atoms. The summed E-state index contributed by atoms with van der Waals surface area (Å²) < 4.78 is 0. The number of amides is 1. The second-order valence-corrected chi connectivity index (χ2v) is 3.99. The number of carbonyl (C=O) groups excluding carboxylic acids is 1. The summed E-state index contributed by atoms with van der Waals surface area (Å²) in [6, 6.07) is 16.6. The van der Waals surface area contributed by atoms with Crippen LogP contribution < -0.4 is 5.32 Å². The van der Waals surface area contributed by atoms with Crippen LogP contribution in [-0.2, 0) is 6.42 Å². The van der Waals surface area contributed by atoms with Crippen molar-refractivity contribution < 1.29 is 9.90 Å². The number of benzene rings is 2. The number of hydrogen-bond acceptors (Lipinski definition) is 2. The summed E-state index contributed by atoms with van der Waals surface area (Å²) in [5, 5.41) is 11.6. The Balaban J connectivity index is 2.05. The van der Waals surface area contributed by atoms with Gasteiger partial charge in [-0.3, -0.25) is 4.79 Å². The monoisotopic (exact) mass is 241 g/mol. The maximum Gasteiger partial charge on any atom is 0.255 e. The minimum absolute atomic E-state index is 0.121. The molecule has 2 N–H and O–H groups in total. The van der Waals surface area contributed by atoms with Gasteiger partial charge in [-0.2, -0.15) is 0 Å². The van der Waals surface area contributed by atoms with Crippen molar-refractivity contribution in [2.75, 3.05) is 11.9 Å². The molecule has 0 spiro atoms. The summed E-state index contributed by atoms with van der Waals surface area (Å²) in [5.74, 6) is -0.128. The highest BCUT2D eigenvalue weighted by Crippen LogP contribution is 2.10. The predicted octanol–water partition coefficient (Wildman–Crippen LogP) is 2.47. The van der Waals surface area contributed by atoms with Gasteiger partial charge in [0.15, 0.2) is 0 Å². The third kappa shape index (κ3) is 3.18. The fourth-order valence-electron chi connectivity index (χ4n) is 1.68. The van der Waals surface area contributed by atoms with Crippen LogP contribution in [0.5, 0.6) is 0 Å². The van der Waals surface area contributed by atoms with Crippen LogP contribution in [-0.4, -0.2) is 17.6 Å². The van der Waals surface area contributed by atoms with Crippen LogP contribution in [0.15, 0.2) is 54.6 Å². The zero-order chi connectivity index (χ0) is 12.8. The van der Waals surface area contributed by atoms with E-state index in [2.05, 4.69) is 5.32 Å². The zero-order valence-electron chi connectivity index (χ0n) is 9.97. The maximum absolute atomic E-state index is 11.9. The lowest BCUT2D eigenvalue weighted by Gasteiger charge is -2.05. The Bertz CT molecular complexity index is 506. The van der Waals surface area contributed by atoms with E-state index >= 15 is 0 Å². The predicted molar refractivity (Wildman–Crippen MR) is 71.6 cm³/mol. The normalized spacial score (nSPS) is 10.1. The Labute approximate surface area is 106 Å². The van der Waals surface area contributed by atoms with Crippen molar-refractivity contribution in [1.29, 1.82) is 0 Å². The molecule has 0 aliphatic carbocycles.